The Balaban J connectivity index is 1.72. The summed E-state index contributed by atoms with van der Waals surface area (Å²) in [7, 11) is 0. The van der Waals surface area contributed by atoms with Gasteiger partial charge in [0.15, 0.2) is 0 Å². The Morgan fingerprint density at radius 3 is 2.46 bits per heavy atom. The van der Waals surface area contributed by atoms with Crippen LogP contribution >= 0.6 is 23.4 Å². The molecular weight excluding hydrogens is 388 g/mol. The summed E-state index contributed by atoms with van der Waals surface area (Å²) in [6.45, 7) is 0. The van der Waals surface area contributed by atoms with Crippen molar-refractivity contribution in [3.63, 3.8) is 0 Å². The monoisotopic (exact) mass is 408 g/mol. The SMILES string of the molecule is N=Cc1ccc(-c2c(O)nc(SCc3ccccc3Cl)c3c2CCCC3)cc1. The molecule has 0 bridgehead atoms. The predicted molar refractivity (Wildman–Crippen MR) is 117 cm³/mol. The van der Waals surface area contributed by atoms with Crippen molar-refractivity contribution in [3.8, 4) is 17.0 Å². The van der Waals surface area contributed by atoms with Gasteiger partial charge in [0, 0.05) is 22.6 Å². The Hall–Kier alpha value is -2.30. The number of hydrogen-bond donors (Lipinski definition) is 2. The van der Waals surface area contributed by atoms with Gasteiger partial charge in [0.2, 0.25) is 5.88 Å². The Labute approximate surface area is 174 Å². The third-order valence-electron chi connectivity index (χ3n) is 5.15. The van der Waals surface area contributed by atoms with Gasteiger partial charge in [-0.1, -0.05) is 54.1 Å². The van der Waals surface area contributed by atoms with E-state index >= 15 is 0 Å². The minimum atomic E-state index is 0.0879. The molecular formula is C23H21ClN2OS. The molecule has 0 saturated heterocycles. The van der Waals surface area contributed by atoms with Gasteiger partial charge >= 0.3 is 0 Å². The van der Waals surface area contributed by atoms with E-state index in [0.29, 0.717) is 0 Å². The fraction of sp³-hybridized carbons (Fsp3) is 0.217. The molecule has 0 fully saturated rings. The molecule has 28 heavy (non-hydrogen) atoms. The zero-order valence-corrected chi connectivity index (χ0v) is 17.0. The molecule has 2 aromatic carbocycles. The van der Waals surface area contributed by atoms with Gasteiger partial charge < -0.3 is 10.5 Å². The van der Waals surface area contributed by atoms with E-state index in [1.54, 1.807) is 11.8 Å². The second kappa shape index (κ2) is 8.38. The highest BCUT2D eigenvalue weighted by Gasteiger charge is 2.23. The molecule has 1 aliphatic rings. The normalized spacial score (nSPS) is 13.2. The van der Waals surface area contributed by atoms with Crippen molar-refractivity contribution in [3.05, 3.63) is 75.8 Å². The van der Waals surface area contributed by atoms with Crippen LogP contribution in [0.3, 0.4) is 0 Å². The summed E-state index contributed by atoms with van der Waals surface area (Å²) in [5.74, 6) is 0.816. The summed E-state index contributed by atoms with van der Waals surface area (Å²) in [6.07, 6.45) is 5.53. The Morgan fingerprint density at radius 2 is 1.75 bits per heavy atom. The summed E-state index contributed by atoms with van der Waals surface area (Å²) in [6, 6.07) is 15.6. The second-order valence-electron chi connectivity index (χ2n) is 6.93. The average Bonchev–Trinajstić information content (AvgIpc) is 2.73. The summed E-state index contributed by atoms with van der Waals surface area (Å²) in [5.41, 5.74) is 6.18. The minimum absolute atomic E-state index is 0.0879. The van der Waals surface area contributed by atoms with Gasteiger partial charge in [-0.05, 0) is 59.6 Å². The molecule has 0 atom stereocenters. The number of aromatic hydroxyl groups is 1. The number of benzene rings is 2. The number of pyridine rings is 1. The van der Waals surface area contributed by atoms with Crippen molar-refractivity contribution in [2.24, 2.45) is 0 Å². The van der Waals surface area contributed by atoms with Crippen LogP contribution in [0.1, 0.15) is 35.1 Å². The molecule has 1 aliphatic carbocycles. The summed E-state index contributed by atoms with van der Waals surface area (Å²) in [5, 5.41) is 19.8. The van der Waals surface area contributed by atoms with Crippen LogP contribution in [0.4, 0.5) is 0 Å². The number of rotatable bonds is 5. The molecule has 3 aromatic rings. The number of fused-ring (bicyclic) bond motifs is 1. The van der Waals surface area contributed by atoms with Crippen molar-refractivity contribution in [2.75, 3.05) is 0 Å². The van der Waals surface area contributed by atoms with E-state index in [1.807, 2.05) is 48.5 Å². The molecule has 0 amide bonds. The van der Waals surface area contributed by atoms with Crippen LogP contribution in [0, 0.1) is 5.41 Å². The highest BCUT2D eigenvalue weighted by Crippen LogP contribution is 2.41. The Morgan fingerprint density at radius 1 is 1.04 bits per heavy atom. The minimum Gasteiger partial charge on any atom is -0.493 e. The zero-order chi connectivity index (χ0) is 19.5. The smallest absolute Gasteiger partial charge is 0.220 e. The van der Waals surface area contributed by atoms with Crippen LogP contribution in [-0.4, -0.2) is 16.3 Å². The van der Waals surface area contributed by atoms with E-state index in [-0.39, 0.29) is 5.88 Å². The summed E-state index contributed by atoms with van der Waals surface area (Å²) in [4.78, 5) is 4.58. The highest BCUT2D eigenvalue weighted by molar-refractivity contribution is 7.98. The van der Waals surface area contributed by atoms with Gasteiger partial charge in [0.1, 0.15) is 5.03 Å². The highest BCUT2D eigenvalue weighted by atomic mass is 35.5. The molecule has 142 valence electrons. The largest absolute Gasteiger partial charge is 0.493 e. The van der Waals surface area contributed by atoms with Crippen molar-refractivity contribution in [1.29, 1.82) is 5.41 Å². The first-order chi connectivity index (χ1) is 13.7. The molecule has 0 unspecified atom stereocenters. The van der Waals surface area contributed by atoms with E-state index in [2.05, 4.69) is 4.98 Å². The summed E-state index contributed by atoms with van der Waals surface area (Å²) < 4.78 is 0. The number of nitrogens with one attached hydrogen (secondary N) is 1. The predicted octanol–water partition coefficient (Wildman–Crippen LogP) is 6.28. The maximum atomic E-state index is 10.8. The lowest BCUT2D eigenvalue weighted by Crippen LogP contribution is -2.08. The number of nitrogens with zero attached hydrogens (tertiary/aromatic N) is 1. The third-order valence-corrected chi connectivity index (χ3v) is 6.58. The first-order valence-electron chi connectivity index (χ1n) is 9.39. The van der Waals surface area contributed by atoms with Gasteiger partial charge in [0.05, 0.1) is 0 Å². The Kier molecular flexibility index (Phi) is 5.69. The van der Waals surface area contributed by atoms with E-state index in [0.717, 1.165) is 63.7 Å². The van der Waals surface area contributed by atoms with E-state index < -0.39 is 0 Å². The molecule has 1 aromatic heterocycles. The van der Waals surface area contributed by atoms with Gasteiger partial charge in [-0.15, -0.1) is 11.8 Å². The number of aromatic nitrogens is 1. The van der Waals surface area contributed by atoms with Gasteiger partial charge in [0.25, 0.3) is 0 Å². The summed E-state index contributed by atoms with van der Waals surface area (Å²) >= 11 is 7.94. The lowest BCUT2D eigenvalue weighted by molar-refractivity contribution is 0.447. The molecule has 0 spiro atoms. The molecule has 0 saturated carbocycles. The number of halogens is 1. The number of thioether (sulfide) groups is 1. The van der Waals surface area contributed by atoms with Crippen molar-refractivity contribution < 1.29 is 5.11 Å². The number of hydrogen-bond acceptors (Lipinski definition) is 4. The van der Waals surface area contributed by atoms with E-state index in [1.165, 1.54) is 17.3 Å². The average molecular weight is 409 g/mol. The van der Waals surface area contributed by atoms with Crippen LogP contribution in [0.5, 0.6) is 5.88 Å². The molecule has 0 aliphatic heterocycles. The first kappa shape index (κ1) is 19.0. The third kappa shape index (κ3) is 3.80. The van der Waals surface area contributed by atoms with Gasteiger partial charge in [-0.3, -0.25) is 0 Å². The second-order valence-corrected chi connectivity index (χ2v) is 8.30. The quantitative estimate of drug-likeness (QED) is 0.386. The maximum absolute atomic E-state index is 10.8. The van der Waals surface area contributed by atoms with Crippen LogP contribution < -0.4 is 0 Å². The molecule has 5 heteroatoms. The van der Waals surface area contributed by atoms with Crippen LogP contribution in [0.2, 0.25) is 5.02 Å². The van der Waals surface area contributed by atoms with Crippen LogP contribution in [0.25, 0.3) is 11.1 Å². The maximum Gasteiger partial charge on any atom is 0.220 e. The fourth-order valence-corrected chi connectivity index (χ4v) is 5.08. The van der Waals surface area contributed by atoms with E-state index in [4.69, 9.17) is 17.0 Å². The molecule has 3 nitrogen and oxygen atoms in total. The molecule has 2 N–H and O–H groups in total. The van der Waals surface area contributed by atoms with E-state index in [9.17, 15) is 5.11 Å². The van der Waals surface area contributed by atoms with Crippen molar-refractivity contribution in [2.45, 2.75) is 36.5 Å². The molecule has 0 radical (unpaired) electrons. The first-order valence-corrected chi connectivity index (χ1v) is 10.8. The van der Waals surface area contributed by atoms with Crippen molar-refractivity contribution in [1.82, 2.24) is 4.98 Å². The standard InChI is InChI=1S/C23H21ClN2OS/c24-20-8-4-1-5-17(20)14-28-23-19-7-3-2-6-18(19)21(22(27)26-23)16-11-9-15(13-25)10-12-16/h1,4-5,8-13,25H,2-3,6-7,14H2,(H,26,27). The van der Waals surface area contributed by atoms with Crippen LogP contribution in [-0.2, 0) is 18.6 Å². The topological polar surface area (TPSA) is 57.0 Å². The lowest BCUT2D eigenvalue weighted by atomic mass is 9.87. The molecule has 4 rings (SSSR count). The van der Waals surface area contributed by atoms with Gasteiger partial charge in [-0.2, -0.15) is 0 Å². The fourth-order valence-electron chi connectivity index (χ4n) is 3.70. The zero-order valence-electron chi connectivity index (χ0n) is 15.4. The van der Waals surface area contributed by atoms with Gasteiger partial charge in [-0.25, -0.2) is 4.98 Å². The molecule has 1 heterocycles. The lowest BCUT2D eigenvalue weighted by Gasteiger charge is -2.23. The van der Waals surface area contributed by atoms with Crippen molar-refractivity contribution >= 4 is 29.6 Å². The van der Waals surface area contributed by atoms with Crippen LogP contribution in [0.15, 0.2) is 53.6 Å². The Bertz CT molecular complexity index is 1020.